The molecule has 0 aliphatic rings. The second-order valence-electron chi connectivity index (χ2n) is 4.76. The van der Waals surface area contributed by atoms with Gasteiger partial charge in [-0.1, -0.05) is 6.07 Å². The van der Waals surface area contributed by atoms with Crippen LogP contribution in [-0.2, 0) is 13.1 Å². The van der Waals surface area contributed by atoms with Crippen molar-refractivity contribution in [2.45, 2.75) is 13.1 Å². The van der Waals surface area contributed by atoms with Crippen molar-refractivity contribution in [2.24, 2.45) is 0 Å². The summed E-state index contributed by atoms with van der Waals surface area (Å²) in [5.41, 5.74) is 2.04. The molecule has 108 valence electrons. The number of rotatable bonds is 5. The molecular weight excluding hydrogens is 366 g/mol. The number of thiophene rings is 1. The first-order chi connectivity index (χ1) is 10.2. The Balaban J connectivity index is 1.64. The monoisotopic (exact) mass is 379 g/mol. The smallest absolute Gasteiger partial charge is 0.142 e. The van der Waals surface area contributed by atoms with E-state index < -0.39 is 0 Å². The molecule has 0 spiro atoms. The highest BCUT2D eigenvalue weighted by Crippen LogP contribution is 2.24. The Morgan fingerprint density at radius 1 is 1.19 bits per heavy atom. The summed E-state index contributed by atoms with van der Waals surface area (Å²) in [7, 11) is 2.12. The summed E-state index contributed by atoms with van der Waals surface area (Å²) in [5.74, 6) is 0. The number of hydrogen-bond donors (Lipinski definition) is 0. The van der Waals surface area contributed by atoms with E-state index in [0.29, 0.717) is 0 Å². The van der Waals surface area contributed by atoms with Crippen LogP contribution >= 0.6 is 38.6 Å². The first kappa shape index (κ1) is 14.8. The third kappa shape index (κ3) is 3.97. The third-order valence-electron chi connectivity index (χ3n) is 2.92. The fourth-order valence-corrected chi connectivity index (χ4v) is 4.34. The lowest BCUT2D eigenvalue weighted by atomic mass is 10.3. The van der Waals surface area contributed by atoms with Gasteiger partial charge in [0.2, 0.25) is 0 Å². The number of aromatic nitrogens is 2. The molecule has 0 N–H and O–H groups in total. The van der Waals surface area contributed by atoms with Gasteiger partial charge >= 0.3 is 0 Å². The van der Waals surface area contributed by atoms with Crippen LogP contribution in [0.15, 0.2) is 45.7 Å². The lowest BCUT2D eigenvalue weighted by Crippen LogP contribution is -2.16. The van der Waals surface area contributed by atoms with Gasteiger partial charge in [-0.15, -0.1) is 22.7 Å². The minimum atomic E-state index is 0.846. The Labute approximate surface area is 140 Å². The maximum absolute atomic E-state index is 4.68. The molecule has 3 aromatic rings. The minimum Gasteiger partial charge on any atom is -0.295 e. The molecule has 3 rings (SSSR count). The van der Waals surface area contributed by atoms with Crippen LogP contribution in [0.1, 0.15) is 10.6 Å². The van der Waals surface area contributed by atoms with Crippen molar-refractivity contribution >= 4 is 38.6 Å². The van der Waals surface area contributed by atoms with Gasteiger partial charge in [-0.05, 0) is 41.2 Å². The highest BCUT2D eigenvalue weighted by Gasteiger charge is 2.09. The highest BCUT2D eigenvalue weighted by molar-refractivity contribution is 9.10. The summed E-state index contributed by atoms with van der Waals surface area (Å²) in [4.78, 5) is 12.6. The maximum Gasteiger partial charge on any atom is 0.142 e. The number of nitrogens with zero attached hydrogens (tertiary/aromatic N) is 3. The van der Waals surface area contributed by atoms with Gasteiger partial charge < -0.3 is 0 Å². The van der Waals surface area contributed by atoms with Gasteiger partial charge in [0, 0.05) is 39.4 Å². The van der Waals surface area contributed by atoms with E-state index in [9.17, 15) is 0 Å². The van der Waals surface area contributed by atoms with Crippen molar-refractivity contribution in [3.63, 3.8) is 0 Å². The summed E-state index contributed by atoms with van der Waals surface area (Å²) in [6, 6.07) is 8.08. The van der Waals surface area contributed by atoms with Crippen LogP contribution in [0, 0.1) is 0 Å². The van der Waals surface area contributed by atoms with Crippen molar-refractivity contribution in [3.05, 3.63) is 56.3 Å². The van der Waals surface area contributed by atoms with Crippen molar-refractivity contribution in [1.82, 2.24) is 14.9 Å². The van der Waals surface area contributed by atoms with Gasteiger partial charge in [0.15, 0.2) is 0 Å². The van der Waals surface area contributed by atoms with Crippen LogP contribution < -0.4 is 0 Å². The zero-order chi connectivity index (χ0) is 14.7. The molecule has 3 nitrogen and oxygen atoms in total. The van der Waals surface area contributed by atoms with Crippen LogP contribution in [0.25, 0.3) is 10.7 Å². The van der Waals surface area contributed by atoms with Crippen LogP contribution in [-0.4, -0.2) is 21.9 Å². The number of pyridine rings is 1. The highest BCUT2D eigenvalue weighted by atomic mass is 79.9. The molecule has 0 saturated heterocycles. The largest absolute Gasteiger partial charge is 0.295 e. The number of halogens is 1. The molecule has 3 aromatic heterocycles. The van der Waals surface area contributed by atoms with Gasteiger partial charge in [0.25, 0.3) is 0 Å². The van der Waals surface area contributed by atoms with E-state index in [0.717, 1.165) is 34.0 Å². The van der Waals surface area contributed by atoms with Crippen molar-refractivity contribution in [3.8, 4) is 10.7 Å². The van der Waals surface area contributed by atoms with Gasteiger partial charge in [-0.3, -0.25) is 9.88 Å². The van der Waals surface area contributed by atoms with E-state index in [1.54, 1.807) is 28.9 Å². The molecule has 3 heterocycles. The van der Waals surface area contributed by atoms with Crippen molar-refractivity contribution < 1.29 is 0 Å². The standard InChI is InChI=1S/C15H14BrN3S2/c1-19(8-13-6-11(16)9-20-13)7-12-10-21-15(18-12)14-4-2-3-5-17-14/h2-6,9-10H,7-8H2,1H3. The molecule has 6 heteroatoms. The molecule has 21 heavy (non-hydrogen) atoms. The SMILES string of the molecule is CN(Cc1csc(-c2ccccn2)n1)Cc1cc(Br)cs1. The van der Waals surface area contributed by atoms with Gasteiger partial charge in [-0.25, -0.2) is 4.98 Å². The average molecular weight is 380 g/mol. The Morgan fingerprint density at radius 2 is 2.10 bits per heavy atom. The molecule has 0 unspecified atom stereocenters. The van der Waals surface area contributed by atoms with Crippen molar-refractivity contribution in [2.75, 3.05) is 7.05 Å². The van der Waals surface area contributed by atoms with Gasteiger partial charge in [-0.2, -0.15) is 0 Å². The molecule has 0 atom stereocenters. The van der Waals surface area contributed by atoms with E-state index in [4.69, 9.17) is 0 Å². The molecular formula is C15H14BrN3S2. The summed E-state index contributed by atoms with van der Waals surface area (Å²) in [5, 5.41) is 5.22. The van der Waals surface area contributed by atoms with E-state index in [-0.39, 0.29) is 0 Å². The van der Waals surface area contributed by atoms with E-state index >= 15 is 0 Å². The van der Waals surface area contributed by atoms with E-state index in [1.165, 1.54) is 4.88 Å². The second-order valence-corrected chi connectivity index (χ2v) is 7.53. The topological polar surface area (TPSA) is 29.0 Å². The summed E-state index contributed by atoms with van der Waals surface area (Å²) >= 11 is 6.92. The molecule has 0 aliphatic heterocycles. The quantitative estimate of drug-likeness (QED) is 0.645. The first-order valence-corrected chi connectivity index (χ1v) is 9.03. The zero-order valence-corrected chi connectivity index (χ0v) is 14.7. The predicted octanol–water partition coefficient (Wildman–Crippen LogP) is 4.66. The van der Waals surface area contributed by atoms with E-state index in [1.807, 2.05) is 18.2 Å². The lowest BCUT2D eigenvalue weighted by molar-refractivity contribution is 0.318. The fraction of sp³-hybridized carbons (Fsp3) is 0.200. The number of thiazole rings is 1. The summed E-state index contributed by atoms with van der Waals surface area (Å²) in [6.07, 6.45) is 1.80. The van der Waals surface area contributed by atoms with Crippen LogP contribution in [0.5, 0.6) is 0 Å². The molecule has 0 radical (unpaired) electrons. The second kappa shape index (κ2) is 6.79. The summed E-state index contributed by atoms with van der Waals surface area (Å²) < 4.78 is 1.15. The van der Waals surface area contributed by atoms with Crippen molar-refractivity contribution in [1.29, 1.82) is 0 Å². The summed E-state index contributed by atoms with van der Waals surface area (Å²) in [6.45, 7) is 1.78. The maximum atomic E-state index is 4.68. The van der Waals surface area contributed by atoms with E-state index in [2.05, 4.69) is 54.7 Å². The molecule has 0 aromatic carbocycles. The normalized spacial score (nSPS) is 11.2. The van der Waals surface area contributed by atoms with Crippen LogP contribution in [0.4, 0.5) is 0 Å². The Kier molecular flexibility index (Phi) is 4.80. The third-order valence-corrected chi connectivity index (χ3v) is 5.51. The van der Waals surface area contributed by atoms with Crippen LogP contribution in [0.2, 0.25) is 0 Å². The van der Waals surface area contributed by atoms with Gasteiger partial charge in [0.05, 0.1) is 11.4 Å². The molecule has 0 saturated carbocycles. The minimum absolute atomic E-state index is 0.846. The molecule has 0 fully saturated rings. The number of hydrogen-bond acceptors (Lipinski definition) is 5. The first-order valence-electron chi connectivity index (χ1n) is 6.48. The Morgan fingerprint density at radius 3 is 2.81 bits per heavy atom. The average Bonchev–Trinajstić information content (AvgIpc) is 3.09. The fourth-order valence-electron chi connectivity index (χ4n) is 2.02. The van der Waals surface area contributed by atoms with Gasteiger partial charge in [0.1, 0.15) is 5.01 Å². The zero-order valence-electron chi connectivity index (χ0n) is 11.5. The molecule has 0 aliphatic carbocycles. The lowest BCUT2D eigenvalue weighted by Gasteiger charge is -2.13. The Hall–Kier alpha value is -1.08. The predicted molar refractivity (Wildman–Crippen MR) is 92.5 cm³/mol. The van der Waals surface area contributed by atoms with Crippen LogP contribution in [0.3, 0.4) is 0 Å². The molecule has 0 amide bonds. The molecule has 0 bridgehead atoms. The Bertz CT molecular complexity index is 709.